The van der Waals surface area contributed by atoms with E-state index < -0.39 is 0 Å². The zero-order valence-corrected chi connectivity index (χ0v) is 15.7. The molecule has 0 saturated carbocycles. The van der Waals surface area contributed by atoms with E-state index in [1.165, 1.54) is 10.9 Å². The van der Waals surface area contributed by atoms with Gasteiger partial charge in [0.15, 0.2) is 0 Å². The summed E-state index contributed by atoms with van der Waals surface area (Å²) < 4.78 is 11.4. The molecule has 1 aliphatic rings. The van der Waals surface area contributed by atoms with Gasteiger partial charge >= 0.3 is 6.03 Å². The Bertz CT molecular complexity index is 931. The van der Waals surface area contributed by atoms with Gasteiger partial charge in [0.25, 0.3) is 0 Å². The number of nitrogens with one attached hydrogen (secondary N) is 3. The standard InChI is InChI=1S/C22H25N3O3/c26-22(23-12-11-16-14-24-19-8-2-1-7-18(16)19)25-20-9-3-4-10-21(20)28-15-17-6-5-13-27-17/h1-4,7-10,14,17,24H,5-6,11-13,15H2,(H2,23,25,26)/t17-/m0/s1. The van der Waals surface area contributed by atoms with E-state index in [2.05, 4.69) is 21.7 Å². The molecule has 0 radical (unpaired) electrons. The van der Waals surface area contributed by atoms with Crippen molar-refractivity contribution in [1.29, 1.82) is 0 Å². The third-order valence-corrected chi connectivity index (χ3v) is 4.94. The number of para-hydroxylation sites is 3. The highest BCUT2D eigenvalue weighted by molar-refractivity contribution is 5.91. The fourth-order valence-corrected chi connectivity index (χ4v) is 3.47. The number of carbonyl (C=O) groups excluding carboxylic acids is 1. The monoisotopic (exact) mass is 379 g/mol. The van der Waals surface area contributed by atoms with E-state index in [9.17, 15) is 4.79 Å². The Morgan fingerprint density at radius 3 is 2.93 bits per heavy atom. The van der Waals surface area contributed by atoms with Gasteiger partial charge in [-0.3, -0.25) is 0 Å². The van der Waals surface area contributed by atoms with E-state index >= 15 is 0 Å². The molecule has 4 rings (SSSR count). The average molecular weight is 379 g/mol. The molecule has 2 amide bonds. The fraction of sp³-hybridized carbons (Fsp3) is 0.318. The van der Waals surface area contributed by atoms with E-state index in [-0.39, 0.29) is 12.1 Å². The van der Waals surface area contributed by atoms with Crippen LogP contribution in [0.1, 0.15) is 18.4 Å². The topological polar surface area (TPSA) is 75.4 Å². The molecule has 0 aliphatic carbocycles. The van der Waals surface area contributed by atoms with Crippen LogP contribution in [-0.4, -0.2) is 36.9 Å². The highest BCUT2D eigenvalue weighted by atomic mass is 16.5. The predicted octanol–water partition coefficient (Wildman–Crippen LogP) is 4.09. The van der Waals surface area contributed by atoms with Gasteiger partial charge in [-0.25, -0.2) is 4.79 Å². The van der Waals surface area contributed by atoms with Crippen molar-refractivity contribution in [2.24, 2.45) is 0 Å². The zero-order chi connectivity index (χ0) is 19.2. The van der Waals surface area contributed by atoms with Crippen molar-refractivity contribution >= 4 is 22.6 Å². The second-order valence-electron chi connectivity index (χ2n) is 6.93. The Morgan fingerprint density at radius 2 is 2.04 bits per heavy atom. The maximum atomic E-state index is 12.3. The summed E-state index contributed by atoms with van der Waals surface area (Å²) >= 11 is 0. The minimum absolute atomic E-state index is 0.137. The summed E-state index contributed by atoms with van der Waals surface area (Å²) in [7, 11) is 0. The molecule has 1 aliphatic heterocycles. The van der Waals surface area contributed by atoms with Crippen molar-refractivity contribution in [3.8, 4) is 5.75 Å². The van der Waals surface area contributed by atoms with Crippen molar-refractivity contribution in [2.45, 2.75) is 25.4 Å². The molecule has 28 heavy (non-hydrogen) atoms. The first-order valence-electron chi connectivity index (χ1n) is 9.73. The molecule has 3 N–H and O–H groups in total. The maximum absolute atomic E-state index is 12.3. The van der Waals surface area contributed by atoms with Crippen LogP contribution in [0.15, 0.2) is 54.7 Å². The molecular formula is C22H25N3O3. The van der Waals surface area contributed by atoms with Crippen molar-refractivity contribution < 1.29 is 14.3 Å². The number of urea groups is 1. The number of hydrogen-bond donors (Lipinski definition) is 3. The third-order valence-electron chi connectivity index (χ3n) is 4.94. The molecule has 1 aromatic heterocycles. The maximum Gasteiger partial charge on any atom is 0.319 e. The molecule has 1 saturated heterocycles. The Kier molecular flexibility index (Phi) is 5.77. The lowest BCUT2D eigenvalue weighted by Gasteiger charge is -2.15. The number of amides is 2. The van der Waals surface area contributed by atoms with E-state index in [0.29, 0.717) is 24.6 Å². The number of rotatable bonds is 7. The molecule has 2 aromatic carbocycles. The van der Waals surface area contributed by atoms with Gasteiger partial charge in [-0.05, 0) is 43.0 Å². The minimum atomic E-state index is -0.243. The molecule has 6 heteroatoms. The van der Waals surface area contributed by atoms with Crippen LogP contribution >= 0.6 is 0 Å². The van der Waals surface area contributed by atoms with Gasteiger partial charge in [0.05, 0.1) is 11.8 Å². The molecule has 0 spiro atoms. The summed E-state index contributed by atoms with van der Waals surface area (Å²) in [6, 6.07) is 15.4. The third kappa shape index (κ3) is 4.46. The SMILES string of the molecule is O=C(NCCc1c[nH]c2ccccc12)Nc1ccccc1OC[C@@H]1CCCO1. The Morgan fingerprint density at radius 1 is 1.18 bits per heavy atom. The van der Waals surface area contributed by atoms with Crippen molar-refractivity contribution in [1.82, 2.24) is 10.3 Å². The van der Waals surface area contributed by atoms with Crippen LogP contribution in [0.4, 0.5) is 10.5 Å². The van der Waals surface area contributed by atoms with Gasteiger partial charge in [-0.1, -0.05) is 30.3 Å². The van der Waals surface area contributed by atoms with E-state index in [1.807, 2.05) is 48.7 Å². The molecule has 3 aromatic rings. The van der Waals surface area contributed by atoms with Crippen molar-refractivity contribution in [3.05, 3.63) is 60.3 Å². The van der Waals surface area contributed by atoms with Crippen LogP contribution < -0.4 is 15.4 Å². The van der Waals surface area contributed by atoms with Crippen LogP contribution in [0.5, 0.6) is 5.75 Å². The quantitative estimate of drug-likeness (QED) is 0.579. The normalized spacial score (nSPS) is 16.2. The number of carbonyl (C=O) groups is 1. The van der Waals surface area contributed by atoms with Crippen LogP contribution in [0.2, 0.25) is 0 Å². The summed E-state index contributed by atoms with van der Waals surface area (Å²) in [6.07, 6.45) is 4.99. The Labute approximate surface area is 164 Å². The first-order valence-corrected chi connectivity index (χ1v) is 9.73. The number of fused-ring (bicyclic) bond motifs is 1. The van der Waals surface area contributed by atoms with E-state index in [1.54, 1.807) is 0 Å². The van der Waals surface area contributed by atoms with E-state index in [4.69, 9.17) is 9.47 Å². The van der Waals surface area contributed by atoms with E-state index in [0.717, 1.165) is 31.4 Å². The number of aromatic amines is 1. The average Bonchev–Trinajstić information content (AvgIpc) is 3.38. The Balaban J connectivity index is 1.28. The molecule has 2 heterocycles. The minimum Gasteiger partial charge on any atom is -0.489 e. The van der Waals surface area contributed by atoms with Gasteiger partial charge in [0.2, 0.25) is 0 Å². The largest absolute Gasteiger partial charge is 0.489 e. The number of benzene rings is 2. The second kappa shape index (κ2) is 8.80. The number of anilines is 1. The number of ether oxygens (including phenoxy) is 2. The summed E-state index contributed by atoms with van der Waals surface area (Å²) in [5, 5.41) is 6.99. The highest BCUT2D eigenvalue weighted by Crippen LogP contribution is 2.25. The first kappa shape index (κ1) is 18.4. The van der Waals surface area contributed by atoms with Crippen LogP contribution in [0.25, 0.3) is 10.9 Å². The molecular weight excluding hydrogens is 354 g/mol. The lowest BCUT2D eigenvalue weighted by Crippen LogP contribution is -2.30. The fourth-order valence-electron chi connectivity index (χ4n) is 3.47. The number of H-pyrrole nitrogens is 1. The summed E-state index contributed by atoms with van der Waals surface area (Å²) in [6.45, 7) is 1.85. The molecule has 1 fully saturated rings. The number of hydrogen-bond acceptors (Lipinski definition) is 3. The molecule has 1 atom stereocenters. The van der Waals surface area contributed by atoms with Crippen LogP contribution in [-0.2, 0) is 11.2 Å². The smallest absolute Gasteiger partial charge is 0.319 e. The summed E-state index contributed by atoms with van der Waals surface area (Å²) in [4.78, 5) is 15.6. The second-order valence-corrected chi connectivity index (χ2v) is 6.93. The van der Waals surface area contributed by atoms with Crippen LogP contribution in [0, 0.1) is 0 Å². The van der Waals surface area contributed by atoms with Gasteiger partial charge < -0.3 is 25.1 Å². The van der Waals surface area contributed by atoms with Crippen molar-refractivity contribution in [2.75, 3.05) is 25.1 Å². The summed E-state index contributed by atoms with van der Waals surface area (Å²) in [5.74, 6) is 0.657. The van der Waals surface area contributed by atoms with Gasteiger partial charge in [-0.2, -0.15) is 0 Å². The predicted molar refractivity (Wildman–Crippen MR) is 110 cm³/mol. The molecule has 146 valence electrons. The van der Waals surface area contributed by atoms with Crippen molar-refractivity contribution in [3.63, 3.8) is 0 Å². The Hall–Kier alpha value is -2.99. The van der Waals surface area contributed by atoms with Gasteiger partial charge in [-0.15, -0.1) is 0 Å². The lowest BCUT2D eigenvalue weighted by molar-refractivity contribution is 0.0682. The van der Waals surface area contributed by atoms with Gasteiger partial charge in [0.1, 0.15) is 12.4 Å². The lowest BCUT2D eigenvalue weighted by atomic mass is 10.1. The van der Waals surface area contributed by atoms with Crippen LogP contribution in [0.3, 0.4) is 0 Å². The molecule has 0 unspecified atom stereocenters. The molecule has 0 bridgehead atoms. The number of aromatic nitrogens is 1. The zero-order valence-electron chi connectivity index (χ0n) is 15.7. The van der Waals surface area contributed by atoms with Gasteiger partial charge in [0, 0.05) is 30.3 Å². The summed E-state index contributed by atoms with van der Waals surface area (Å²) in [5.41, 5.74) is 2.96. The highest BCUT2D eigenvalue weighted by Gasteiger charge is 2.17. The first-order chi connectivity index (χ1) is 13.8. The molecule has 6 nitrogen and oxygen atoms in total.